The first-order chi connectivity index (χ1) is 22.2. The van der Waals surface area contributed by atoms with Crippen LogP contribution in [-0.2, 0) is 11.2 Å². The van der Waals surface area contributed by atoms with E-state index in [1.165, 1.54) is 17.0 Å². The van der Waals surface area contributed by atoms with Crippen molar-refractivity contribution in [2.75, 3.05) is 23.7 Å². The van der Waals surface area contributed by atoms with Crippen molar-refractivity contribution in [2.24, 2.45) is 0 Å². The highest BCUT2D eigenvalue weighted by atomic mass is 35.5. The van der Waals surface area contributed by atoms with Crippen molar-refractivity contribution in [3.05, 3.63) is 85.9 Å². The third-order valence-electron chi connectivity index (χ3n) is 9.10. The molecule has 246 valence electrons. The van der Waals surface area contributed by atoms with Gasteiger partial charge in [-0.25, -0.2) is 23.1 Å². The SMILES string of the molecule is C=CC(=O)N1CC2Cc3c(c4cc(F)c(-c5c(N)c(Cl)cc(Cl)c5F)c(F)c4n(-c4c(C(C)C)ncnc4C(C)C)c3=O)N2CC1C. The van der Waals surface area contributed by atoms with Gasteiger partial charge >= 0.3 is 0 Å². The Labute approximate surface area is 279 Å². The van der Waals surface area contributed by atoms with Crippen molar-refractivity contribution < 1.29 is 18.0 Å². The molecule has 6 rings (SSSR count). The van der Waals surface area contributed by atoms with Gasteiger partial charge in [0.15, 0.2) is 11.6 Å². The molecule has 2 aliphatic rings. The van der Waals surface area contributed by atoms with Gasteiger partial charge in [-0.2, -0.15) is 0 Å². The van der Waals surface area contributed by atoms with Crippen molar-refractivity contribution in [2.45, 2.75) is 65.0 Å². The Bertz CT molecular complexity index is 2010. The van der Waals surface area contributed by atoms with Crippen molar-refractivity contribution in [3.63, 3.8) is 0 Å². The number of rotatable bonds is 5. The molecule has 4 heterocycles. The second-order valence-corrected chi connectivity index (χ2v) is 13.5. The third-order valence-corrected chi connectivity index (χ3v) is 9.69. The molecule has 1 fully saturated rings. The Morgan fingerprint density at radius 1 is 1.00 bits per heavy atom. The minimum atomic E-state index is -1.23. The number of halogens is 5. The van der Waals surface area contributed by atoms with Gasteiger partial charge in [-0.05, 0) is 37.0 Å². The standard InChI is InChI=1S/C34H33Cl2F3N6O2/c1-7-23(46)43-12-17-8-19-31(44(17)11-16(43)6)18-9-22(37)24(25-26(38)20(35)10-21(36)28(25)40)27(39)32(18)45(34(19)47)33-29(14(2)3)41-13-42-30(33)15(4)5/h7,9-10,13-17H,1,8,11-12,40H2,2-6H3. The number of nitrogens with zero attached hydrogens (tertiary/aromatic N) is 5. The van der Waals surface area contributed by atoms with Crippen LogP contribution in [-0.4, -0.2) is 50.5 Å². The monoisotopic (exact) mass is 684 g/mol. The number of pyridine rings is 1. The average molecular weight is 686 g/mol. The summed E-state index contributed by atoms with van der Waals surface area (Å²) in [6, 6.07) is 1.52. The quantitative estimate of drug-likeness (QED) is 0.136. The Balaban J connectivity index is 1.79. The highest BCUT2D eigenvalue weighted by Gasteiger charge is 2.43. The maximum atomic E-state index is 17.4. The van der Waals surface area contributed by atoms with E-state index in [0.29, 0.717) is 29.2 Å². The molecule has 2 unspecified atom stereocenters. The molecular formula is C34H33Cl2F3N6O2. The van der Waals surface area contributed by atoms with Gasteiger partial charge in [0.1, 0.15) is 12.1 Å². The van der Waals surface area contributed by atoms with Crippen LogP contribution in [0.2, 0.25) is 10.0 Å². The lowest BCUT2D eigenvalue weighted by atomic mass is 9.96. The average Bonchev–Trinajstić information content (AvgIpc) is 3.40. The summed E-state index contributed by atoms with van der Waals surface area (Å²) in [5, 5.41) is -0.577. The summed E-state index contributed by atoms with van der Waals surface area (Å²) in [5.74, 6) is -4.22. The van der Waals surface area contributed by atoms with E-state index in [2.05, 4.69) is 16.5 Å². The molecule has 8 nitrogen and oxygen atoms in total. The number of amides is 1. The Morgan fingerprint density at radius 3 is 2.23 bits per heavy atom. The van der Waals surface area contributed by atoms with Crippen LogP contribution < -0.4 is 16.2 Å². The first-order valence-electron chi connectivity index (χ1n) is 15.3. The number of nitrogen functional groups attached to an aromatic ring is 1. The molecule has 0 spiro atoms. The van der Waals surface area contributed by atoms with Gasteiger partial charge in [-0.1, -0.05) is 57.5 Å². The van der Waals surface area contributed by atoms with Crippen LogP contribution in [0, 0.1) is 17.5 Å². The van der Waals surface area contributed by atoms with E-state index in [4.69, 9.17) is 28.9 Å². The molecule has 2 aromatic carbocycles. The van der Waals surface area contributed by atoms with Crippen LogP contribution in [0.4, 0.5) is 24.5 Å². The highest BCUT2D eigenvalue weighted by molar-refractivity contribution is 6.37. The summed E-state index contributed by atoms with van der Waals surface area (Å²) < 4.78 is 50.6. The van der Waals surface area contributed by atoms with Gasteiger partial charge < -0.3 is 15.5 Å². The lowest BCUT2D eigenvalue weighted by Gasteiger charge is -2.43. The number of benzene rings is 2. The maximum Gasteiger partial charge on any atom is 0.261 e. The lowest BCUT2D eigenvalue weighted by Crippen LogP contribution is -2.57. The van der Waals surface area contributed by atoms with Gasteiger partial charge in [0.05, 0.1) is 55.6 Å². The fourth-order valence-electron chi connectivity index (χ4n) is 6.94. The molecule has 0 saturated carbocycles. The zero-order valence-corrected chi connectivity index (χ0v) is 28.0. The predicted molar refractivity (Wildman–Crippen MR) is 179 cm³/mol. The molecule has 47 heavy (non-hydrogen) atoms. The largest absolute Gasteiger partial charge is 0.397 e. The molecule has 13 heteroatoms. The zero-order valence-electron chi connectivity index (χ0n) is 26.5. The predicted octanol–water partition coefficient (Wildman–Crippen LogP) is 7.15. The minimum absolute atomic E-state index is 0.0944. The number of hydrogen-bond acceptors (Lipinski definition) is 6. The van der Waals surface area contributed by atoms with Crippen LogP contribution in [0.5, 0.6) is 0 Å². The van der Waals surface area contributed by atoms with Crippen LogP contribution in [0.3, 0.4) is 0 Å². The van der Waals surface area contributed by atoms with Gasteiger partial charge in [-0.15, -0.1) is 0 Å². The summed E-state index contributed by atoms with van der Waals surface area (Å²) >= 11 is 12.3. The highest BCUT2D eigenvalue weighted by Crippen LogP contribution is 2.46. The molecule has 1 saturated heterocycles. The van der Waals surface area contributed by atoms with Crippen LogP contribution >= 0.6 is 23.2 Å². The molecule has 0 bridgehead atoms. The van der Waals surface area contributed by atoms with E-state index in [1.807, 2.05) is 39.5 Å². The molecule has 2 aliphatic heterocycles. The van der Waals surface area contributed by atoms with Gasteiger partial charge in [0, 0.05) is 42.1 Å². The second kappa shape index (κ2) is 11.9. The van der Waals surface area contributed by atoms with Gasteiger partial charge in [0.2, 0.25) is 5.91 Å². The maximum absolute atomic E-state index is 17.4. The lowest BCUT2D eigenvalue weighted by molar-refractivity contribution is -0.128. The zero-order chi connectivity index (χ0) is 34.2. The Kier molecular flexibility index (Phi) is 8.28. The number of aromatic nitrogens is 3. The summed E-state index contributed by atoms with van der Waals surface area (Å²) in [7, 11) is 0. The van der Waals surface area contributed by atoms with E-state index in [0.717, 1.165) is 12.1 Å². The topological polar surface area (TPSA) is 97.4 Å². The van der Waals surface area contributed by atoms with Gasteiger partial charge in [-0.3, -0.25) is 14.2 Å². The molecule has 2 aromatic heterocycles. The minimum Gasteiger partial charge on any atom is -0.397 e. The van der Waals surface area contributed by atoms with E-state index >= 15 is 13.2 Å². The van der Waals surface area contributed by atoms with E-state index < -0.39 is 44.8 Å². The first kappa shape index (κ1) is 32.8. The van der Waals surface area contributed by atoms with Crippen molar-refractivity contribution >= 4 is 51.4 Å². The Morgan fingerprint density at radius 2 is 1.64 bits per heavy atom. The van der Waals surface area contributed by atoms with Crippen LogP contribution in [0.1, 0.15) is 63.4 Å². The number of carbonyl (C=O) groups excluding carboxylic acids is 1. The first-order valence-corrected chi connectivity index (χ1v) is 16.0. The van der Waals surface area contributed by atoms with Crippen molar-refractivity contribution in [1.82, 2.24) is 19.4 Å². The molecule has 1 amide bonds. The molecule has 0 radical (unpaired) electrons. The second-order valence-electron chi connectivity index (χ2n) is 12.7. The van der Waals surface area contributed by atoms with Crippen LogP contribution in [0.15, 0.2) is 35.9 Å². The molecule has 0 aliphatic carbocycles. The molecule has 2 atom stereocenters. The third kappa shape index (κ3) is 4.97. The smallest absolute Gasteiger partial charge is 0.261 e. The number of anilines is 2. The van der Waals surface area contributed by atoms with E-state index in [-0.39, 0.29) is 64.4 Å². The van der Waals surface area contributed by atoms with E-state index in [1.54, 1.807) is 4.90 Å². The van der Waals surface area contributed by atoms with Crippen molar-refractivity contribution in [1.29, 1.82) is 0 Å². The molecular weight excluding hydrogens is 652 g/mol. The van der Waals surface area contributed by atoms with Crippen molar-refractivity contribution in [3.8, 4) is 16.8 Å². The Hall–Kier alpha value is -4.09. The summed E-state index contributed by atoms with van der Waals surface area (Å²) in [6.07, 6.45) is 2.86. The fourth-order valence-corrected chi connectivity index (χ4v) is 7.41. The number of fused-ring (bicyclic) bond motifs is 5. The normalized spacial score (nSPS) is 17.5. The summed E-state index contributed by atoms with van der Waals surface area (Å²) in [5.41, 5.74) is 5.30. The van der Waals surface area contributed by atoms with Crippen LogP contribution in [0.25, 0.3) is 27.7 Å². The number of nitrogens with two attached hydrogens (primary N) is 1. The summed E-state index contributed by atoms with van der Waals surface area (Å²) in [6.45, 7) is 13.6. The summed E-state index contributed by atoms with van der Waals surface area (Å²) in [4.78, 5) is 40.1. The number of hydrogen-bond donors (Lipinski definition) is 1. The molecule has 4 aromatic rings. The van der Waals surface area contributed by atoms with Gasteiger partial charge in [0.25, 0.3) is 5.56 Å². The fraction of sp³-hybridized carbons (Fsp3) is 0.353. The van der Waals surface area contributed by atoms with E-state index in [9.17, 15) is 9.59 Å². The molecule has 2 N–H and O–H groups in total. The number of carbonyl (C=O) groups is 1. The number of piperazine rings is 1.